The first-order valence-corrected chi connectivity index (χ1v) is 27.4. The summed E-state index contributed by atoms with van der Waals surface area (Å²) in [6.07, 6.45) is 46.9. The minimum absolute atomic E-state index is 0.0191. The number of hydrogen-bond acceptors (Lipinski definition) is 11. The van der Waals surface area contributed by atoms with Crippen molar-refractivity contribution < 1.29 is 56.2 Å². The highest BCUT2D eigenvalue weighted by Crippen LogP contribution is 2.26. The van der Waals surface area contributed by atoms with Gasteiger partial charge >= 0.3 is 16.4 Å². The molecule has 0 spiro atoms. The van der Waals surface area contributed by atoms with Crippen LogP contribution < -0.4 is 0 Å². The lowest BCUT2D eigenvalue weighted by Crippen LogP contribution is -2.60. The number of carbonyl (C=O) groups excluding carboxylic acids is 1. The predicted octanol–water partition coefficient (Wildman–Crippen LogP) is 12.1. The highest BCUT2D eigenvalue weighted by Gasteiger charge is 2.48. The lowest BCUT2D eigenvalue weighted by molar-refractivity contribution is -0.301. The van der Waals surface area contributed by atoms with Crippen LogP contribution in [0.25, 0.3) is 0 Å². The van der Waals surface area contributed by atoms with E-state index in [0.717, 1.165) is 77.0 Å². The van der Waals surface area contributed by atoms with Crippen LogP contribution in [-0.4, -0.2) is 97.5 Å². The molecule has 1 fully saturated rings. The van der Waals surface area contributed by atoms with Gasteiger partial charge in [-0.25, -0.2) is 4.18 Å². The highest BCUT2D eigenvalue weighted by atomic mass is 32.3. The Kier molecular flexibility index (Phi) is 41.2. The number of ether oxygens (including phenoxy) is 4. The van der Waals surface area contributed by atoms with Gasteiger partial charge in [0, 0.05) is 13.0 Å². The summed E-state index contributed by atoms with van der Waals surface area (Å²) < 4.78 is 59.2. The second-order valence-corrected chi connectivity index (χ2v) is 18.8. The second-order valence-electron chi connectivity index (χ2n) is 17.7. The minimum Gasteiger partial charge on any atom is -0.457 e. The molecule has 1 aliphatic rings. The van der Waals surface area contributed by atoms with Gasteiger partial charge in [-0.2, -0.15) is 8.42 Å². The van der Waals surface area contributed by atoms with Crippen LogP contribution in [0.5, 0.6) is 0 Å². The van der Waals surface area contributed by atoms with Gasteiger partial charge in [-0.05, 0) is 77.0 Å². The summed E-state index contributed by atoms with van der Waals surface area (Å²) in [5.41, 5.74) is 0. The first kappa shape index (κ1) is 61.8. The summed E-state index contributed by atoms with van der Waals surface area (Å²) >= 11 is 0. The van der Waals surface area contributed by atoms with Crippen LogP contribution in [0, 0.1) is 0 Å². The molecule has 1 rings (SSSR count). The van der Waals surface area contributed by atoms with E-state index in [-0.39, 0.29) is 19.6 Å². The van der Waals surface area contributed by atoms with E-state index in [1.165, 1.54) is 103 Å². The van der Waals surface area contributed by atoms with E-state index in [1.54, 1.807) is 0 Å². The van der Waals surface area contributed by atoms with Crippen molar-refractivity contribution in [3.8, 4) is 0 Å². The normalized spacial score (nSPS) is 20.0. The Bertz CT molecular complexity index is 1380. The molecule has 66 heavy (non-hydrogen) atoms. The van der Waals surface area contributed by atoms with Gasteiger partial charge in [-0.1, -0.05) is 184 Å². The van der Waals surface area contributed by atoms with Gasteiger partial charge < -0.3 is 34.3 Å². The molecule has 1 saturated heterocycles. The molecule has 0 aromatic carbocycles. The molecule has 0 aromatic heterocycles. The number of hydrogen-bond donors (Lipinski definition) is 4. The zero-order chi connectivity index (χ0) is 48.2. The van der Waals surface area contributed by atoms with Crippen molar-refractivity contribution in [2.45, 2.75) is 243 Å². The number of aliphatic hydroxyl groups excluding tert-OH is 3. The molecule has 6 atom stereocenters. The average Bonchev–Trinajstić information content (AvgIpc) is 3.29. The summed E-state index contributed by atoms with van der Waals surface area (Å²) in [4.78, 5) is 12.9. The molecule has 1 heterocycles. The summed E-state index contributed by atoms with van der Waals surface area (Å²) in [5, 5.41) is 30.7. The minimum atomic E-state index is -5.07. The molecule has 0 saturated carbocycles. The van der Waals surface area contributed by atoms with E-state index >= 15 is 0 Å². The molecular weight excluding hydrogens is 861 g/mol. The molecule has 4 N–H and O–H groups in total. The van der Waals surface area contributed by atoms with Crippen molar-refractivity contribution in [3.63, 3.8) is 0 Å². The quantitative estimate of drug-likeness (QED) is 0.0197. The fourth-order valence-electron chi connectivity index (χ4n) is 7.72. The van der Waals surface area contributed by atoms with Crippen LogP contribution >= 0.6 is 0 Å². The van der Waals surface area contributed by atoms with E-state index in [0.29, 0.717) is 13.0 Å². The Balaban J connectivity index is 2.32. The zero-order valence-electron chi connectivity index (χ0n) is 41.2. The fourth-order valence-corrected chi connectivity index (χ4v) is 8.23. The van der Waals surface area contributed by atoms with Crippen LogP contribution in [0.2, 0.25) is 0 Å². The van der Waals surface area contributed by atoms with Gasteiger partial charge in [-0.15, -0.1) is 0 Å². The van der Waals surface area contributed by atoms with Gasteiger partial charge in [-0.3, -0.25) is 9.35 Å². The Morgan fingerprint density at radius 3 is 1.53 bits per heavy atom. The van der Waals surface area contributed by atoms with Crippen LogP contribution in [-0.2, 0) is 38.3 Å². The molecule has 0 bridgehead atoms. The third-order valence-corrected chi connectivity index (χ3v) is 12.1. The van der Waals surface area contributed by atoms with Gasteiger partial charge in [0.15, 0.2) is 6.29 Å². The van der Waals surface area contributed by atoms with E-state index < -0.39 is 59.8 Å². The van der Waals surface area contributed by atoms with Crippen LogP contribution in [0.3, 0.4) is 0 Å². The molecule has 1 aliphatic heterocycles. The van der Waals surface area contributed by atoms with E-state index in [4.69, 9.17) is 18.9 Å². The fraction of sp³-hybridized carbons (Fsp3) is 0.792. The van der Waals surface area contributed by atoms with E-state index in [1.807, 2.05) is 0 Å². The third-order valence-electron chi connectivity index (χ3n) is 11.6. The molecule has 0 radical (unpaired) electrons. The standard InChI is InChI=1S/C53H94O12S/c1-3-5-7-9-11-13-15-17-19-20-21-22-23-24-25-26-27-28-29-30-32-34-36-38-40-42-49(55)63-47(45-61-43-41-39-37-35-33-31-18-16-14-12-10-8-6-4-2)46-62-53-51(57)52(65-66(58,59)60)50(56)48(44-54)64-53/h6,8,12,14-15,17-18,20-21,31,47-48,50-54,56-57H,3-5,7,9-11,13,16,19,22-30,32-46H2,1-2H3,(H,58,59,60)/b8-6-,14-12-,17-15-,21-20-,31-18-. The number of aliphatic hydroxyl groups is 3. The molecule has 0 aliphatic carbocycles. The lowest BCUT2D eigenvalue weighted by atomic mass is 9.99. The molecule has 6 unspecified atom stereocenters. The van der Waals surface area contributed by atoms with E-state index in [2.05, 4.69) is 78.8 Å². The molecule has 12 nitrogen and oxygen atoms in total. The smallest absolute Gasteiger partial charge is 0.397 e. The van der Waals surface area contributed by atoms with Gasteiger partial charge in [0.05, 0.1) is 19.8 Å². The first-order chi connectivity index (χ1) is 32.1. The number of carbonyl (C=O) groups is 1. The zero-order valence-corrected chi connectivity index (χ0v) is 42.1. The largest absolute Gasteiger partial charge is 0.457 e. The van der Waals surface area contributed by atoms with Crippen LogP contribution in [0.15, 0.2) is 60.8 Å². The Labute approximate surface area is 401 Å². The molecule has 0 aromatic rings. The SMILES string of the molecule is CC/C=C\C/C=C\C/C=C\CCCCCCOCC(COC1OC(CO)C(O)C(OS(=O)(=O)O)C1O)OC(=O)CCCCCCCCCCCCCCC/C=C\C/C=C\CCCCCCC. The summed E-state index contributed by atoms with van der Waals surface area (Å²) in [7, 11) is -5.07. The van der Waals surface area contributed by atoms with Gasteiger partial charge in [0.25, 0.3) is 0 Å². The molecule has 0 amide bonds. The monoisotopic (exact) mass is 955 g/mol. The number of allylic oxidation sites excluding steroid dienone is 10. The van der Waals surface area contributed by atoms with Crippen molar-refractivity contribution >= 4 is 16.4 Å². The molecular formula is C53H94O12S. The van der Waals surface area contributed by atoms with Gasteiger partial charge in [0.2, 0.25) is 0 Å². The van der Waals surface area contributed by atoms with Crippen LogP contribution in [0.1, 0.15) is 206 Å². The maximum atomic E-state index is 12.9. The number of esters is 1. The van der Waals surface area contributed by atoms with Crippen molar-refractivity contribution in [2.24, 2.45) is 0 Å². The summed E-state index contributed by atoms with van der Waals surface area (Å²) in [6, 6.07) is 0. The van der Waals surface area contributed by atoms with E-state index in [9.17, 15) is 33.1 Å². The molecule has 13 heteroatoms. The highest BCUT2D eigenvalue weighted by molar-refractivity contribution is 7.80. The number of rotatable bonds is 45. The second kappa shape index (κ2) is 44.0. The predicted molar refractivity (Wildman–Crippen MR) is 266 cm³/mol. The summed E-state index contributed by atoms with van der Waals surface area (Å²) in [6.45, 7) is 3.82. The Morgan fingerprint density at radius 1 is 0.591 bits per heavy atom. The summed E-state index contributed by atoms with van der Waals surface area (Å²) in [5.74, 6) is -0.409. The van der Waals surface area contributed by atoms with Crippen LogP contribution in [0.4, 0.5) is 0 Å². The van der Waals surface area contributed by atoms with Gasteiger partial charge in [0.1, 0.15) is 30.5 Å². The maximum absolute atomic E-state index is 12.9. The topological polar surface area (TPSA) is 178 Å². The average molecular weight is 955 g/mol. The van der Waals surface area contributed by atoms with Crippen molar-refractivity contribution in [3.05, 3.63) is 60.8 Å². The van der Waals surface area contributed by atoms with Crippen molar-refractivity contribution in [1.29, 1.82) is 0 Å². The van der Waals surface area contributed by atoms with Crippen molar-refractivity contribution in [2.75, 3.05) is 26.4 Å². The first-order valence-electron chi connectivity index (χ1n) is 26.0. The Morgan fingerprint density at radius 2 is 1.05 bits per heavy atom. The Hall–Kier alpha value is -2.20. The lowest BCUT2D eigenvalue weighted by Gasteiger charge is -2.41. The molecule has 384 valence electrons. The maximum Gasteiger partial charge on any atom is 0.397 e. The third kappa shape index (κ3) is 36.8. The number of unbranched alkanes of at least 4 members (excludes halogenated alkanes) is 22. The van der Waals surface area contributed by atoms with Crippen molar-refractivity contribution in [1.82, 2.24) is 0 Å².